The number of benzene rings is 1. The fourth-order valence-corrected chi connectivity index (χ4v) is 3.89. The smallest absolute Gasteiger partial charge is 0.338 e. The zero-order valence-corrected chi connectivity index (χ0v) is 16.2. The summed E-state index contributed by atoms with van der Waals surface area (Å²) in [5.74, 6) is -1.84. The van der Waals surface area contributed by atoms with Crippen LogP contribution < -0.4 is 5.32 Å². The number of nitro groups is 1. The first-order valence-electron chi connectivity index (χ1n) is 6.54. The molecule has 1 amide bonds. The Bertz CT molecular complexity index is 862. The topological polar surface area (TPSA) is 122 Å². The van der Waals surface area contributed by atoms with Gasteiger partial charge in [-0.25, -0.2) is 9.78 Å². The van der Waals surface area contributed by atoms with Gasteiger partial charge in [0, 0.05) is 21.2 Å². The summed E-state index contributed by atoms with van der Waals surface area (Å²) in [7, 11) is 0. The van der Waals surface area contributed by atoms with Crippen LogP contribution in [0.1, 0.15) is 10.4 Å². The number of pyridine rings is 1. The van der Waals surface area contributed by atoms with Crippen LogP contribution in [0.4, 0.5) is 11.4 Å². The van der Waals surface area contributed by atoms with Crippen LogP contribution in [0, 0.1) is 10.1 Å². The van der Waals surface area contributed by atoms with Crippen molar-refractivity contribution in [3.8, 4) is 0 Å². The first-order chi connectivity index (χ1) is 11.8. The highest BCUT2D eigenvalue weighted by atomic mass is 79.9. The molecule has 2 rings (SSSR count). The van der Waals surface area contributed by atoms with Gasteiger partial charge in [-0.2, -0.15) is 0 Å². The number of amides is 1. The normalized spacial score (nSPS) is 10.3. The van der Waals surface area contributed by atoms with Crippen LogP contribution in [0.15, 0.2) is 44.4 Å². The molecule has 0 fully saturated rings. The highest BCUT2D eigenvalue weighted by Crippen LogP contribution is 2.36. The SMILES string of the molecule is O=C(CSc1ncccc1C(=O)O)Nc1c(Br)cc(Br)cc1[N+](=O)[O-]. The van der Waals surface area contributed by atoms with Gasteiger partial charge in [-0.15, -0.1) is 0 Å². The number of hydrogen-bond donors (Lipinski definition) is 2. The third-order valence-corrected chi connectivity index (χ3v) is 4.93. The molecular weight excluding hydrogens is 482 g/mol. The fraction of sp³-hybridized carbons (Fsp3) is 0.0714. The van der Waals surface area contributed by atoms with E-state index in [2.05, 4.69) is 42.2 Å². The lowest BCUT2D eigenvalue weighted by atomic mass is 10.2. The zero-order valence-electron chi connectivity index (χ0n) is 12.2. The van der Waals surface area contributed by atoms with Crippen LogP contribution in [-0.2, 0) is 4.79 Å². The summed E-state index contributed by atoms with van der Waals surface area (Å²) in [4.78, 5) is 37.7. The Morgan fingerprint density at radius 3 is 2.72 bits per heavy atom. The van der Waals surface area contributed by atoms with Gasteiger partial charge < -0.3 is 10.4 Å². The minimum absolute atomic E-state index is 0.0175. The lowest BCUT2D eigenvalue weighted by Crippen LogP contribution is -2.16. The van der Waals surface area contributed by atoms with E-state index in [-0.39, 0.29) is 27.7 Å². The Kier molecular flexibility index (Phi) is 6.51. The molecule has 0 saturated heterocycles. The number of aromatic carboxylic acids is 1. The van der Waals surface area contributed by atoms with Crippen molar-refractivity contribution in [2.45, 2.75) is 5.03 Å². The minimum atomic E-state index is -1.15. The predicted molar refractivity (Wildman–Crippen MR) is 99.0 cm³/mol. The number of thioether (sulfide) groups is 1. The van der Waals surface area contributed by atoms with E-state index in [1.807, 2.05) is 0 Å². The van der Waals surface area contributed by atoms with Gasteiger partial charge in [0.1, 0.15) is 10.7 Å². The van der Waals surface area contributed by atoms with Crippen LogP contribution in [0.3, 0.4) is 0 Å². The molecule has 0 aliphatic rings. The van der Waals surface area contributed by atoms with Crippen LogP contribution >= 0.6 is 43.6 Å². The standard InChI is InChI=1S/C14H9Br2N3O5S/c15-7-4-9(16)12(10(5-7)19(23)24)18-11(20)6-25-13-8(14(21)22)2-1-3-17-13/h1-5H,6H2,(H,18,20)(H,21,22). The number of carbonyl (C=O) groups excluding carboxylic acids is 1. The second-order valence-electron chi connectivity index (χ2n) is 4.54. The molecule has 25 heavy (non-hydrogen) atoms. The molecule has 0 aliphatic carbocycles. The van der Waals surface area contributed by atoms with Crippen LogP contribution in [0.25, 0.3) is 0 Å². The van der Waals surface area contributed by atoms with E-state index in [0.717, 1.165) is 11.8 Å². The first kappa shape index (κ1) is 19.3. The molecule has 130 valence electrons. The van der Waals surface area contributed by atoms with Crippen molar-refractivity contribution in [2.24, 2.45) is 0 Å². The largest absolute Gasteiger partial charge is 0.478 e. The number of carboxylic acids is 1. The summed E-state index contributed by atoms with van der Waals surface area (Å²) in [5.41, 5.74) is -0.266. The maximum absolute atomic E-state index is 12.1. The molecule has 1 heterocycles. The Labute approximate surface area is 162 Å². The van der Waals surface area contributed by atoms with Crippen LogP contribution in [0.2, 0.25) is 0 Å². The molecule has 1 aromatic heterocycles. The second kappa shape index (κ2) is 8.41. The highest BCUT2D eigenvalue weighted by molar-refractivity contribution is 9.11. The van der Waals surface area contributed by atoms with Gasteiger partial charge in [-0.1, -0.05) is 27.7 Å². The van der Waals surface area contributed by atoms with E-state index in [4.69, 9.17) is 5.11 Å². The van der Waals surface area contributed by atoms with Crippen LogP contribution in [-0.4, -0.2) is 32.6 Å². The molecule has 0 saturated carbocycles. The van der Waals surface area contributed by atoms with Gasteiger partial charge >= 0.3 is 5.97 Å². The number of carboxylic acid groups (broad SMARTS) is 1. The van der Waals surface area contributed by atoms with E-state index >= 15 is 0 Å². The van der Waals surface area contributed by atoms with Gasteiger partial charge in [-0.05, 0) is 34.1 Å². The van der Waals surface area contributed by atoms with Crippen molar-refractivity contribution in [3.63, 3.8) is 0 Å². The summed E-state index contributed by atoms with van der Waals surface area (Å²) < 4.78 is 0.828. The van der Waals surface area contributed by atoms with Gasteiger partial charge in [0.05, 0.1) is 16.2 Å². The third-order valence-electron chi connectivity index (χ3n) is 2.84. The zero-order chi connectivity index (χ0) is 18.6. The number of nitrogens with one attached hydrogen (secondary N) is 1. The third kappa shape index (κ3) is 5.00. The quantitative estimate of drug-likeness (QED) is 0.357. The number of carbonyl (C=O) groups is 2. The number of aromatic nitrogens is 1. The first-order valence-corrected chi connectivity index (χ1v) is 9.11. The van der Waals surface area contributed by atoms with Crippen LogP contribution in [0.5, 0.6) is 0 Å². The molecule has 0 radical (unpaired) electrons. The molecule has 0 unspecified atom stereocenters. The van der Waals surface area contributed by atoms with E-state index in [9.17, 15) is 19.7 Å². The number of hydrogen-bond acceptors (Lipinski definition) is 6. The van der Waals surface area contributed by atoms with E-state index in [1.165, 1.54) is 24.4 Å². The molecule has 11 heteroatoms. The minimum Gasteiger partial charge on any atom is -0.478 e. The average molecular weight is 491 g/mol. The van der Waals surface area contributed by atoms with Gasteiger partial charge in [0.25, 0.3) is 5.69 Å². The summed E-state index contributed by atoms with van der Waals surface area (Å²) in [6.07, 6.45) is 1.42. The number of nitrogens with zero attached hydrogens (tertiary/aromatic N) is 2. The molecule has 0 bridgehead atoms. The van der Waals surface area contributed by atoms with Crippen molar-refractivity contribution in [1.82, 2.24) is 4.98 Å². The van der Waals surface area contributed by atoms with Gasteiger partial charge in [0.15, 0.2) is 0 Å². The lowest BCUT2D eigenvalue weighted by Gasteiger charge is -2.09. The molecule has 0 aliphatic heterocycles. The number of rotatable bonds is 6. The molecule has 0 atom stereocenters. The molecule has 2 aromatic rings. The highest BCUT2D eigenvalue weighted by Gasteiger charge is 2.21. The van der Waals surface area contributed by atoms with Crippen molar-refractivity contribution in [3.05, 3.63) is 55.1 Å². The Morgan fingerprint density at radius 1 is 1.36 bits per heavy atom. The lowest BCUT2D eigenvalue weighted by molar-refractivity contribution is -0.384. The Morgan fingerprint density at radius 2 is 2.08 bits per heavy atom. The van der Waals surface area contributed by atoms with E-state index in [1.54, 1.807) is 6.07 Å². The van der Waals surface area contributed by atoms with Crippen molar-refractivity contribution < 1.29 is 19.6 Å². The maximum atomic E-state index is 12.1. The molecule has 1 aromatic carbocycles. The van der Waals surface area contributed by atoms with Gasteiger partial charge in [0.2, 0.25) is 5.91 Å². The Balaban J connectivity index is 2.14. The summed E-state index contributed by atoms with van der Waals surface area (Å²) in [5, 5.41) is 22.9. The fourth-order valence-electron chi connectivity index (χ4n) is 1.81. The maximum Gasteiger partial charge on any atom is 0.338 e. The van der Waals surface area contributed by atoms with Crippen molar-refractivity contribution in [1.29, 1.82) is 0 Å². The molecule has 8 nitrogen and oxygen atoms in total. The average Bonchev–Trinajstić information content (AvgIpc) is 2.55. The van der Waals surface area contributed by atoms with E-state index < -0.39 is 16.8 Å². The van der Waals surface area contributed by atoms with E-state index in [0.29, 0.717) is 8.95 Å². The second-order valence-corrected chi connectivity index (χ2v) is 7.27. The number of anilines is 1. The summed E-state index contributed by atoms with van der Waals surface area (Å²) >= 11 is 7.25. The summed E-state index contributed by atoms with van der Waals surface area (Å²) in [6, 6.07) is 5.70. The van der Waals surface area contributed by atoms with Crippen molar-refractivity contribution in [2.75, 3.05) is 11.1 Å². The monoisotopic (exact) mass is 489 g/mol. The molecule has 0 spiro atoms. The Hall–Kier alpha value is -1.98. The van der Waals surface area contributed by atoms with Gasteiger partial charge in [-0.3, -0.25) is 14.9 Å². The van der Waals surface area contributed by atoms with Crippen molar-refractivity contribution >= 4 is 66.9 Å². The number of halogens is 2. The molecule has 2 N–H and O–H groups in total. The molecular formula is C14H9Br2N3O5S. The number of nitro benzene ring substituents is 1. The predicted octanol–water partition coefficient (Wildman–Crippen LogP) is 3.94. The summed E-state index contributed by atoms with van der Waals surface area (Å²) in [6.45, 7) is 0.